The molecule has 4 aliphatic carbocycles. The largest absolute Gasteiger partial charge is 0.311 e. The molecule has 0 amide bonds. The van der Waals surface area contributed by atoms with Crippen molar-refractivity contribution < 1.29 is 0 Å². The minimum Gasteiger partial charge on any atom is -0.311 e. The van der Waals surface area contributed by atoms with Crippen LogP contribution in [0, 0.1) is 0 Å². The monoisotopic (exact) mass is 1210 g/mol. The molecule has 2 spiro atoms. The molecular formula is C92H56BN3. The number of para-hydroxylation sites is 2. The fraction of sp³-hybridized carbons (Fsp3) is 0.0217. The fourth-order valence-electron chi connectivity index (χ4n) is 18.9. The number of hydrogen-bond acceptors (Lipinski definition) is 2. The van der Waals surface area contributed by atoms with Crippen LogP contribution in [0.1, 0.15) is 44.5 Å². The Bertz CT molecular complexity index is 5910. The maximum atomic E-state index is 2.69. The molecule has 2 aliphatic heterocycles. The van der Waals surface area contributed by atoms with E-state index in [0.29, 0.717) is 0 Å². The first kappa shape index (κ1) is 52.3. The highest BCUT2D eigenvalue weighted by molar-refractivity contribution is 7.00. The molecule has 3 heterocycles. The smallest absolute Gasteiger partial charge is 0.252 e. The number of anilines is 6. The Balaban J connectivity index is 0.877. The Hall–Kier alpha value is -12.2. The predicted octanol–water partition coefficient (Wildman–Crippen LogP) is 20.9. The second-order valence-electron chi connectivity index (χ2n) is 26.9. The van der Waals surface area contributed by atoms with Gasteiger partial charge in [0.2, 0.25) is 0 Å². The summed E-state index contributed by atoms with van der Waals surface area (Å²) in [5.74, 6) is 0. The highest BCUT2D eigenvalue weighted by Crippen LogP contribution is 2.66. The molecule has 0 bridgehead atoms. The molecule has 96 heavy (non-hydrogen) atoms. The average molecular weight is 1210 g/mol. The molecule has 0 saturated carbocycles. The summed E-state index contributed by atoms with van der Waals surface area (Å²) in [7, 11) is 0. The fourth-order valence-corrected chi connectivity index (χ4v) is 18.9. The van der Waals surface area contributed by atoms with Crippen molar-refractivity contribution in [3.8, 4) is 72.4 Å². The highest BCUT2D eigenvalue weighted by Gasteiger charge is 2.55. The van der Waals surface area contributed by atoms with E-state index in [9.17, 15) is 0 Å². The maximum Gasteiger partial charge on any atom is 0.252 e. The van der Waals surface area contributed by atoms with Gasteiger partial charge >= 0.3 is 0 Å². The van der Waals surface area contributed by atoms with Crippen LogP contribution < -0.4 is 26.2 Å². The molecule has 16 aromatic rings. The van der Waals surface area contributed by atoms with E-state index in [1.807, 2.05) is 0 Å². The van der Waals surface area contributed by atoms with Crippen LogP contribution in [0.5, 0.6) is 0 Å². The second kappa shape index (κ2) is 19.2. The Morgan fingerprint density at radius 3 is 1.11 bits per heavy atom. The van der Waals surface area contributed by atoms with Gasteiger partial charge in [0.1, 0.15) is 0 Å². The maximum absolute atomic E-state index is 2.69. The van der Waals surface area contributed by atoms with Crippen LogP contribution in [0.3, 0.4) is 0 Å². The van der Waals surface area contributed by atoms with Crippen molar-refractivity contribution in [1.29, 1.82) is 0 Å². The predicted molar refractivity (Wildman–Crippen MR) is 398 cm³/mol. The van der Waals surface area contributed by atoms with Crippen molar-refractivity contribution in [3.63, 3.8) is 0 Å². The average Bonchev–Trinajstić information content (AvgIpc) is 1.43. The van der Waals surface area contributed by atoms with E-state index in [1.54, 1.807) is 0 Å². The Labute approximate surface area is 557 Å². The van der Waals surface area contributed by atoms with E-state index in [4.69, 9.17) is 0 Å². The number of nitrogens with zero attached hydrogens (tertiary/aromatic N) is 3. The van der Waals surface area contributed by atoms with E-state index in [0.717, 1.165) is 34.1 Å². The summed E-state index contributed by atoms with van der Waals surface area (Å²) < 4.78 is 2.53. The van der Waals surface area contributed by atoms with Gasteiger partial charge in [-0.2, -0.15) is 0 Å². The zero-order chi connectivity index (χ0) is 62.5. The second-order valence-corrected chi connectivity index (χ2v) is 26.9. The van der Waals surface area contributed by atoms with Gasteiger partial charge in [0, 0.05) is 44.9 Å². The summed E-state index contributed by atoms with van der Waals surface area (Å²) in [6.07, 6.45) is 0. The quantitative estimate of drug-likeness (QED) is 0.159. The van der Waals surface area contributed by atoms with Gasteiger partial charge in [0.15, 0.2) is 0 Å². The van der Waals surface area contributed by atoms with E-state index in [2.05, 4.69) is 354 Å². The molecule has 442 valence electrons. The van der Waals surface area contributed by atoms with Gasteiger partial charge in [-0.1, -0.05) is 279 Å². The van der Waals surface area contributed by atoms with Crippen LogP contribution >= 0.6 is 0 Å². The molecule has 0 atom stereocenters. The van der Waals surface area contributed by atoms with Crippen molar-refractivity contribution in [2.45, 2.75) is 10.8 Å². The number of hydrogen-bond donors (Lipinski definition) is 0. The first-order valence-electron chi connectivity index (χ1n) is 33.7. The van der Waals surface area contributed by atoms with E-state index < -0.39 is 10.8 Å². The summed E-state index contributed by atoms with van der Waals surface area (Å²) in [5, 5.41) is 2.46. The van der Waals surface area contributed by atoms with E-state index in [-0.39, 0.29) is 6.71 Å². The third-order valence-electron chi connectivity index (χ3n) is 22.6. The molecule has 0 saturated heterocycles. The third kappa shape index (κ3) is 6.62. The van der Waals surface area contributed by atoms with E-state index >= 15 is 0 Å². The standard InChI is InChI=1S/C92H56BN3/c1-3-23-57(24-4-1)59-43-46-61(47-44-59)94-87-55-73-69-32-12-20-40-79(69)92(76-37-17-9-29-66(76)67-30-10-18-38-77(67)92)81(73)56-83(87)93-82-51-60(58-25-5-2-6-26-58)45-50-86(82)95(89-54-63(53-88(94)90(89)93)96-84-41-21-13-33-70(84)71-34-14-22-42-85(71)96)62-48-49-80-72(52-62)68-31-11-19-39-78(68)91(80)74-35-15-7-27-64(74)65-28-8-16-36-75(65)91/h1-56H. The van der Waals surface area contributed by atoms with Gasteiger partial charge < -0.3 is 14.4 Å². The molecule has 3 nitrogen and oxygen atoms in total. The van der Waals surface area contributed by atoms with E-state index in [1.165, 1.54) is 155 Å². The van der Waals surface area contributed by atoms with Crippen molar-refractivity contribution >= 4 is 79.0 Å². The van der Waals surface area contributed by atoms with Crippen molar-refractivity contribution in [2.75, 3.05) is 9.80 Å². The van der Waals surface area contributed by atoms with Crippen molar-refractivity contribution in [1.82, 2.24) is 4.57 Å². The molecule has 6 aliphatic rings. The van der Waals surface area contributed by atoms with Gasteiger partial charge in [-0.15, -0.1) is 0 Å². The topological polar surface area (TPSA) is 11.4 Å². The van der Waals surface area contributed by atoms with Crippen LogP contribution in [-0.4, -0.2) is 11.3 Å². The summed E-state index contributed by atoms with van der Waals surface area (Å²) >= 11 is 0. The number of benzene rings is 15. The minimum atomic E-state index is -0.562. The Morgan fingerprint density at radius 1 is 0.219 bits per heavy atom. The first-order valence-corrected chi connectivity index (χ1v) is 33.7. The summed E-state index contributed by atoms with van der Waals surface area (Å²) in [5.41, 5.74) is 38.8. The molecule has 0 fully saturated rings. The third-order valence-corrected chi connectivity index (χ3v) is 22.6. The molecule has 4 heteroatoms. The Morgan fingerprint density at radius 2 is 0.594 bits per heavy atom. The van der Waals surface area contributed by atoms with Crippen molar-refractivity contribution in [3.05, 3.63) is 384 Å². The molecule has 0 N–H and O–H groups in total. The molecule has 15 aromatic carbocycles. The van der Waals surface area contributed by atoms with Gasteiger partial charge in [0.05, 0.1) is 27.6 Å². The minimum absolute atomic E-state index is 0.213. The van der Waals surface area contributed by atoms with Gasteiger partial charge in [-0.3, -0.25) is 0 Å². The lowest BCUT2D eigenvalue weighted by atomic mass is 9.33. The molecule has 0 unspecified atom stereocenters. The number of rotatable bonds is 5. The molecule has 1 aromatic heterocycles. The number of aromatic nitrogens is 1. The lowest BCUT2D eigenvalue weighted by molar-refractivity contribution is 0.794. The van der Waals surface area contributed by atoms with Gasteiger partial charge in [-0.25, -0.2) is 0 Å². The van der Waals surface area contributed by atoms with Crippen LogP contribution in [0.4, 0.5) is 34.1 Å². The first-order chi connectivity index (χ1) is 47.6. The number of fused-ring (bicyclic) bond motifs is 27. The van der Waals surface area contributed by atoms with Crippen LogP contribution in [0.2, 0.25) is 0 Å². The van der Waals surface area contributed by atoms with Gasteiger partial charge in [0.25, 0.3) is 6.71 Å². The Kier molecular flexibility index (Phi) is 10.5. The molecular weight excluding hydrogens is 1160 g/mol. The summed E-state index contributed by atoms with van der Waals surface area (Å²) in [6, 6.07) is 130. The lowest BCUT2D eigenvalue weighted by Crippen LogP contribution is -2.61. The molecule has 22 rings (SSSR count). The SMILES string of the molecule is c1ccc(-c2ccc(N3c4cc5c(cc4B4c6cc(-c7ccccc7)ccc6N(c6ccc7c(c6)-c6ccccc6C76c7ccccc7-c7ccccc76)c6cc(-n7c8ccccc8c8ccccc87)cc3c64)C3(c4ccccc4-c4ccccc43)c3ccccc3-5)cc2)cc1. The molecule has 0 radical (unpaired) electrons. The van der Waals surface area contributed by atoms with Gasteiger partial charge in [-0.05, 0) is 188 Å². The normalized spacial score (nSPS) is 14.4. The van der Waals surface area contributed by atoms with Crippen LogP contribution in [-0.2, 0) is 10.8 Å². The summed E-state index contributed by atoms with van der Waals surface area (Å²) in [4.78, 5) is 5.29. The highest BCUT2D eigenvalue weighted by atomic mass is 15.2. The zero-order valence-electron chi connectivity index (χ0n) is 52.3. The van der Waals surface area contributed by atoms with Crippen LogP contribution in [0.25, 0.3) is 94.3 Å². The zero-order valence-corrected chi connectivity index (χ0v) is 52.3. The van der Waals surface area contributed by atoms with Crippen molar-refractivity contribution in [2.24, 2.45) is 0 Å². The lowest BCUT2D eigenvalue weighted by Gasteiger charge is -2.45. The van der Waals surface area contributed by atoms with Crippen LogP contribution in [0.15, 0.2) is 340 Å². The summed E-state index contributed by atoms with van der Waals surface area (Å²) in [6.45, 7) is -0.213.